The van der Waals surface area contributed by atoms with E-state index < -0.39 is 10.0 Å². The van der Waals surface area contributed by atoms with E-state index in [-0.39, 0.29) is 5.75 Å². The van der Waals surface area contributed by atoms with Crippen LogP contribution in [0.25, 0.3) is 0 Å². The molecule has 0 fully saturated rings. The quantitative estimate of drug-likeness (QED) is 0.904. The van der Waals surface area contributed by atoms with Gasteiger partial charge in [0.05, 0.1) is 5.75 Å². The molecule has 17 heavy (non-hydrogen) atoms. The molecule has 3 nitrogen and oxygen atoms in total. The first-order valence-electron chi connectivity index (χ1n) is 5.18. The van der Waals surface area contributed by atoms with E-state index in [0.717, 1.165) is 11.1 Å². The van der Waals surface area contributed by atoms with Crippen molar-refractivity contribution in [1.29, 1.82) is 0 Å². The third kappa shape index (κ3) is 3.96. The fourth-order valence-electron chi connectivity index (χ4n) is 1.43. The van der Waals surface area contributed by atoms with E-state index in [2.05, 4.69) is 4.72 Å². The Labute approximate surface area is 105 Å². The van der Waals surface area contributed by atoms with Crippen LogP contribution in [0.2, 0.25) is 0 Å². The van der Waals surface area contributed by atoms with Crippen molar-refractivity contribution in [3.63, 3.8) is 0 Å². The minimum Gasteiger partial charge on any atom is -0.212 e. The molecule has 2 rings (SSSR count). The van der Waals surface area contributed by atoms with Gasteiger partial charge in [0.2, 0.25) is 10.0 Å². The lowest BCUT2D eigenvalue weighted by Crippen LogP contribution is -2.24. The van der Waals surface area contributed by atoms with Gasteiger partial charge in [0.25, 0.3) is 0 Å². The van der Waals surface area contributed by atoms with E-state index in [9.17, 15) is 8.42 Å². The van der Waals surface area contributed by atoms with Crippen molar-refractivity contribution in [2.24, 2.45) is 0 Å². The summed E-state index contributed by atoms with van der Waals surface area (Å²) >= 11 is 1.56. The fraction of sp³-hybridized carbons (Fsp3) is 0.167. The Kier molecular flexibility index (Phi) is 3.93. The second kappa shape index (κ2) is 5.44. The van der Waals surface area contributed by atoms with Gasteiger partial charge in [-0.2, -0.15) is 11.3 Å². The van der Waals surface area contributed by atoms with E-state index in [1.165, 1.54) is 0 Å². The first kappa shape index (κ1) is 12.3. The third-order valence-electron chi connectivity index (χ3n) is 2.28. The largest absolute Gasteiger partial charge is 0.216 e. The monoisotopic (exact) mass is 267 g/mol. The molecule has 1 N–H and O–H groups in total. The van der Waals surface area contributed by atoms with Gasteiger partial charge in [0.15, 0.2) is 0 Å². The van der Waals surface area contributed by atoms with Crippen molar-refractivity contribution < 1.29 is 8.42 Å². The number of hydrogen-bond donors (Lipinski definition) is 1. The highest BCUT2D eigenvalue weighted by Gasteiger charge is 2.10. The van der Waals surface area contributed by atoms with Crippen LogP contribution >= 0.6 is 11.3 Å². The van der Waals surface area contributed by atoms with E-state index in [0.29, 0.717) is 6.54 Å². The summed E-state index contributed by atoms with van der Waals surface area (Å²) in [5, 5.41) is 3.87. The third-order valence-corrected chi connectivity index (χ3v) is 4.31. The molecule has 0 atom stereocenters. The maximum absolute atomic E-state index is 11.8. The Morgan fingerprint density at radius 1 is 1.06 bits per heavy atom. The molecule has 0 spiro atoms. The second-order valence-corrected chi connectivity index (χ2v) is 6.28. The smallest absolute Gasteiger partial charge is 0.212 e. The summed E-state index contributed by atoms with van der Waals surface area (Å²) in [7, 11) is -3.26. The molecule has 0 aliphatic rings. The minimum atomic E-state index is -3.26. The van der Waals surface area contributed by atoms with Gasteiger partial charge < -0.3 is 0 Å². The van der Waals surface area contributed by atoms with E-state index in [1.807, 2.05) is 47.2 Å². The summed E-state index contributed by atoms with van der Waals surface area (Å²) in [6.07, 6.45) is 0. The number of sulfonamides is 1. The Bertz CT molecular complexity index is 547. The highest BCUT2D eigenvalue weighted by Crippen LogP contribution is 2.08. The summed E-state index contributed by atoms with van der Waals surface area (Å²) in [5.74, 6) is 0.0258. The zero-order valence-corrected chi connectivity index (χ0v) is 10.8. The van der Waals surface area contributed by atoms with Gasteiger partial charge in [-0.1, -0.05) is 30.3 Å². The summed E-state index contributed by atoms with van der Waals surface area (Å²) in [4.78, 5) is 0. The van der Waals surface area contributed by atoms with Crippen LogP contribution in [0, 0.1) is 0 Å². The van der Waals surface area contributed by atoms with E-state index in [1.54, 1.807) is 11.3 Å². The van der Waals surface area contributed by atoms with Crippen LogP contribution < -0.4 is 4.72 Å². The predicted octanol–water partition coefficient (Wildman–Crippen LogP) is 2.37. The Morgan fingerprint density at radius 2 is 1.82 bits per heavy atom. The van der Waals surface area contributed by atoms with E-state index >= 15 is 0 Å². The van der Waals surface area contributed by atoms with Crippen LogP contribution in [0.15, 0.2) is 47.2 Å². The molecule has 1 aromatic heterocycles. The van der Waals surface area contributed by atoms with Crippen molar-refractivity contribution in [1.82, 2.24) is 4.72 Å². The highest BCUT2D eigenvalue weighted by atomic mass is 32.2. The molecular formula is C12H13NO2S2. The topological polar surface area (TPSA) is 46.2 Å². The molecule has 5 heteroatoms. The molecule has 2 aromatic rings. The zero-order valence-electron chi connectivity index (χ0n) is 9.17. The lowest BCUT2D eigenvalue weighted by atomic mass is 10.2. The summed E-state index contributed by atoms with van der Waals surface area (Å²) in [5.41, 5.74) is 1.79. The fourth-order valence-corrected chi connectivity index (χ4v) is 3.22. The van der Waals surface area contributed by atoms with Gasteiger partial charge in [-0.25, -0.2) is 13.1 Å². The average molecular weight is 267 g/mol. The van der Waals surface area contributed by atoms with Crippen LogP contribution in [0.3, 0.4) is 0 Å². The van der Waals surface area contributed by atoms with Gasteiger partial charge in [-0.15, -0.1) is 0 Å². The second-order valence-electron chi connectivity index (χ2n) is 3.70. The number of rotatable bonds is 5. The molecule has 1 aromatic carbocycles. The van der Waals surface area contributed by atoms with Crippen LogP contribution in [0.5, 0.6) is 0 Å². The van der Waals surface area contributed by atoms with Gasteiger partial charge in [0.1, 0.15) is 0 Å². The molecular weight excluding hydrogens is 254 g/mol. The van der Waals surface area contributed by atoms with Crippen molar-refractivity contribution in [2.75, 3.05) is 0 Å². The molecule has 0 saturated heterocycles. The number of nitrogens with one attached hydrogen (secondary N) is 1. The van der Waals surface area contributed by atoms with Crippen LogP contribution in [0.1, 0.15) is 11.1 Å². The van der Waals surface area contributed by atoms with Crippen molar-refractivity contribution in [3.05, 3.63) is 58.3 Å². The molecule has 0 bridgehead atoms. The molecule has 0 saturated carbocycles. The van der Waals surface area contributed by atoms with Crippen molar-refractivity contribution in [3.8, 4) is 0 Å². The summed E-state index contributed by atoms with van der Waals surface area (Å²) < 4.78 is 26.2. The number of benzene rings is 1. The number of hydrogen-bond acceptors (Lipinski definition) is 3. The first-order chi connectivity index (χ1) is 8.16. The zero-order chi connectivity index (χ0) is 12.1. The van der Waals surface area contributed by atoms with Crippen LogP contribution in [-0.4, -0.2) is 8.42 Å². The molecule has 0 aliphatic carbocycles. The molecule has 90 valence electrons. The Hall–Kier alpha value is -1.17. The molecule has 0 amide bonds. The number of thiophene rings is 1. The molecule has 0 radical (unpaired) electrons. The normalized spacial score (nSPS) is 11.5. The van der Waals surface area contributed by atoms with Crippen LogP contribution in [0.4, 0.5) is 0 Å². The minimum absolute atomic E-state index is 0.0258. The first-order valence-corrected chi connectivity index (χ1v) is 7.77. The van der Waals surface area contributed by atoms with Gasteiger partial charge in [0, 0.05) is 6.54 Å². The Balaban J connectivity index is 1.96. The standard InChI is InChI=1S/C12H13NO2S2/c14-17(15,10-11-4-2-1-3-5-11)13-8-12-6-7-16-9-12/h1-7,9,13H,8,10H2. The summed E-state index contributed by atoms with van der Waals surface area (Å²) in [6, 6.07) is 11.1. The van der Waals surface area contributed by atoms with Crippen molar-refractivity contribution in [2.45, 2.75) is 12.3 Å². The summed E-state index contributed by atoms with van der Waals surface area (Å²) in [6.45, 7) is 0.360. The van der Waals surface area contributed by atoms with Gasteiger partial charge in [-0.3, -0.25) is 0 Å². The highest BCUT2D eigenvalue weighted by molar-refractivity contribution is 7.88. The molecule has 0 unspecified atom stereocenters. The maximum atomic E-state index is 11.8. The predicted molar refractivity (Wildman–Crippen MR) is 70.2 cm³/mol. The molecule has 1 heterocycles. The SMILES string of the molecule is O=S(=O)(Cc1ccccc1)NCc1ccsc1. The van der Waals surface area contributed by atoms with Crippen molar-refractivity contribution >= 4 is 21.4 Å². The lowest BCUT2D eigenvalue weighted by molar-refractivity contribution is 0.580. The molecule has 0 aliphatic heterocycles. The Morgan fingerprint density at radius 3 is 2.47 bits per heavy atom. The maximum Gasteiger partial charge on any atom is 0.216 e. The van der Waals surface area contributed by atoms with E-state index in [4.69, 9.17) is 0 Å². The van der Waals surface area contributed by atoms with Gasteiger partial charge >= 0.3 is 0 Å². The average Bonchev–Trinajstić information content (AvgIpc) is 2.80. The van der Waals surface area contributed by atoms with Crippen LogP contribution in [-0.2, 0) is 22.3 Å². The van der Waals surface area contributed by atoms with Gasteiger partial charge in [-0.05, 0) is 28.0 Å². The lowest BCUT2D eigenvalue weighted by Gasteiger charge is -2.05.